The first-order chi connectivity index (χ1) is 18.1. The van der Waals surface area contributed by atoms with Crippen molar-refractivity contribution in [3.8, 4) is 16.9 Å². The van der Waals surface area contributed by atoms with Crippen LogP contribution >= 0.6 is 0 Å². The minimum Gasteiger partial charge on any atom is -0.497 e. The molecule has 5 rings (SSSR count). The van der Waals surface area contributed by atoms with Crippen molar-refractivity contribution >= 4 is 22.5 Å². The third-order valence-electron chi connectivity index (χ3n) is 7.93. The van der Waals surface area contributed by atoms with Crippen molar-refractivity contribution in [3.05, 3.63) is 90.1 Å². The fourth-order valence-electron chi connectivity index (χ4n) is 5.77. The van der Waals surface area contributed by atoms with E-state index in [1.54, 1.807) is 7.11 Å². The maximum absolute atomic E-state index is 12.9. The molecule has 1 amide bonds. The van der Waals surface area contributed by atoms with Crippen molar-refractivity contribution in [2.45, 2.75) is 64.6 Å². The summed E-state index contributed by atoms with van der Waals surface area (Å²) in [6.07, 6.45) is 3.68. The molecule has 5 nitrogen and oxygen atoms in total. The molecule has 4 aromatic rings. The Morgan fingerprint density at radius 3 is 2.13 bits per heavy atom. The lowest BCUT2D eigenvalue weighted by Gasteiger charge is -2.52. The Balaban J connectivity index is 1.28. The molecule has 3 aromatic carbocycles. The van der Waals surface area contributed by atoms with E-state index in [2.05, 4.69) is 50.0 Å². The van der Waals surface area contributed by atoms with Crippen LogP contribution in [0.1, 0.15) is 63.0 Å². The van der Waals surface area contributed by atoms with Gasteiger partial charge in [-0.2, -0.15) is 0 Å². The summed E-state index contributed by atoms with van der Waals surface area (Å²) < 4.78 is 5.23. The maximum Gasteiger partial charge on any atom is 0.255 e. The first-order valence-electron chi connectivity index (χ1n) is 13.4. The Morgan fingerprint density at radius 2 is 1.50 bits per heavy atom. The molecule has 0 atom stereocenters. The monoisotopic (exact) mass is 507 g/mol. The van der Waals surface area contributed by atoms with E-state index < -0.39 is 0 Å². The van der Waals surface area contributed by atoms with Crippen LogP contribution in [0.15, 0.2) is 78.9 Å². The van der Waals surface area contributed by atoms with Crippen LogP contribution in [0.3, 0.4) is 0 Å². The molecular formula is C33H37N3O2. The summed E-state index contributed by atoms with van der Waals surface area (Å²) in [6.45, 7) is 10.2. The number of methoxy groups -OCH3 is 1. The Kier molecular flexibility index (Phi) is 6.97. The van der Waals surface area contributed by atoms with E-state index in [1.165, 1.54) is 19.3 Å². The molecule has 196 valence electrons. The number of carbonyl (C=O) groups is 1. The summed E-state index contributed by atoms with van der Waals surface area (Å²) in [6, 6.07) is 25.7. The minimum atomic E-state index is -0.134. The number of ether oxygens (including phenoxy) is 1. The number of rotatable bonds is 6. The molecule has 2 heterocycles. The van der Waals surface area contributed by atoms with Crippen molar-refractivity contribution in [3.63, 3.8) is 0 Å². The number of fused-ring (bicyclic) bond motifs is 1. The largest absolute Gasteiger partial charge is 0.497 e. The van der Waals surface area contributed by atoms with E-state index in [-0.39, 0.29) is 17.0 Å². The molecule has 0 aliphatic carbocycles. The zero-order valence-corrected chi connectivity index (χ0v) is 23.0. The number of benzene rings is 3. The van der Waals surface area contributed by atoms with Gasteiger partial charge >= 0.3 is 0 Å². The number of nitrogens with zero attached hydrogens (tertiary/aromatic N) is 2. The van der Waals surface area contributed by atoms with Crippen LogP contribution in [0.4, 0.5) is 5.69 Å². The predicted octanol–water partition coefficient (Wildman–Crippen LogP) is 7.71. The van der Waals surface area contributed by atoms with Gasteiger partial charge in [0.25, 0.3) is 5.91 Å². The number of likely N-dealkylation sites (tertiary alicyclic amines) is 1. The fourth-order valence-corrected chi connectivity index (χ4v) is 5.77. The van der Waals surface area contributed by atoms with Crippen LogP contribution in [0, 0.1) is 0 Å². The number of piperidine rings is 1. The molecular weight excluding hydrogens is 470 g/mol. The molecule has 0 saturated carbocycles. The van der Waals surface area contributed by atoms with Gasteiger partial charge in [0.1, 0.15) is 5.75 Å². The number of hydrogen-bond donors (Lipinski definition) is 1. The standard InChI is InChI=1S/C33H37N3O2/c1-32(2)19-6-20-33(3,4)36(32)22-28-14-11-26-21-27(15-18-30(26)34-28)35-31(37)25-9-7-23(8-10-25)24-12-16-29(38-5)17-13-24/h7-18,21H,6,19-20,22H2,1-5H3,(H,35,37). The topological polar surface area (TPSA) is 54.5 Å². The predicted molar refractivity (Wildman–Crippen MR) is 156 cm³/mol. The molecule has 0 bridgehead atoms. The van der Waals surface area contributed by atoms with E-state index >= 15 is 0 Å². The van der Waals surface area contributed by atoms with Crippen LogP contribution in [0.5, 0.6) is 5.75 Å². The zero-order chi connectivity index (χ0) is 26.9. The number of amides is 1. The number of aromatic nitrogens is 1. The van der Waals surface area contributed by atoms with Gasteiger partial charge in [-0.1, -0.05) is 30.3 Å². The molecule has 0 spiro atoms. The highest BCUT2D eigenvalue weighted by molar-refractivity contribution is 6.05. The lowest BCUT2D eigenvalue weighted by molar-refractivity contribution is -0.0348. The van der Waals surface area contributed by atoms with Gasteiger partial charge in [0, 0.05) is 34.3 Å². The van der Waals surface area contributed by atoms with Crippen LogP contribution in [-0.2, 0) is 6.54 Å². The molecule has 1 saturated heterocycles. The van der Waals surface area contributed by atoms with Crippen LogP contribution in [0.25, 0.3) is 22.0 Å². The SMILES string of the molecule is COc1ccc(-c2ccc(C(=O)Nc3ccc4nc(CN5C(C)(C)CCCC5(C)C)ccc4c3)cc2)cc1. The molecule has 1 fully saturated rings. The summed E-state index contributed by atoms with van der Waals surface area (Å²) in [5.41, 5.74) is 5.82. The normalized spacial score (nSPS) is 16.8. The first kappa shape index (κ1) is 25.9. The number of hydrogen-bond acceptors (Lipinski definition) is 4. The molecule has 1 N–H and O–H groups in total. The first-order valence-corrected chi connectivity index (χ1v) is 13.4. The van der Waals surface area contributed by atoms with Crippen molar-refractivity contribution in [2.75, 3.05) is 12.4 Å². The van der Waals surface area contributed by atoms with Crippen LogP contribution in [0.2, 0.25) is 0 Å². The van der Waals surface area contributed by atoms with Crippen molar-refractivity contribution in [1.29, 1.82) is 0 Å². The van der Waals surface area contributed by atoms with Gasteiger partial charge in [0.05, 0.1) is 18.3 Å². The second-order valence-electron chi connectivity index (χ2n) is 11.5. The highest BCUT2D eigenvalue weighted by Gasteiger charge is 2.41. The van der Waals surface area contributed by atoms with Gasteiger partial charge in [-0.15, -0.1) is 0 Å². The number of carbonyl (C=O) groups excluding carboxylic acids is 1. The minimum absolute atomic E-state index is 0.134. The fraction of sp³-hybridized carbons (Fsp3) is 0.333. The Morgan fingerprint density at radius 1 is 0.868 bits per heavy atom. The van der Waals surface area contributed by atoms with E-state index in [4.69, 9.17) is 9.72 Å². The molecule has 5 heteroatoms. The van der Waals surface area contributed by atoms with Gasteiger partial charge in [-0.25, -0.2) is 0 Å². The van der Waals surface area contributed by atoms with Gasteiger partial charge in [0.15, 0.2) is 0 Å². The third kappa shape index (κ3) is 5.44. The summed E-state index contributed by atoms with van der Waals surface area (Å²) in [5.74, 6) is 0.686. The highest BCUT2D eigenvalue weighted by atomic mass is 16.5. The van der Waals surface area contributed by atoms with Crippen molar-refractivity contribution in [2.24, 2.45) is 0 Å². The van der Waals surface area contributed by atoms with Gasteiger partial charge in [-0.3, -0.25) is 14.7 Å². The van der Waals surface area contributed by atoms with Crippen molar-refractivity contribution in [1.82, 2.24) is 9.88 Å². The second-order valence-corrected chi connectivity index (χ2v) is 11.5. The number of anilines is 1. The average molecular weight is 508 g/mol. The van der Waals surface area contributed by atoms with Gasteiger partial charge < -0.3 is 10.1 Å². The number of nitrogens with one attached hydrogen (secondary N) is 1. The van der Waals surface area contributed by atoms with Gasteiger partial charge in [-0.05, 0) is 107 Å². The summed E-state index contributed by atoms with van der Waals surface area (Å²) in [7, 11) is 1.66. The Bertz CT molecular complexity index is 1420. The smallest absolute Gasteiger partial charge is 0.255 e. The molecule has 38 heavy (non-hydrogen) atoms. The van der Waals surface area contributed by atoms with Gasteiger partial charge in [0.2, 0.25) is 0 Å². The lowest BCUT2D eigenvalue weighted by Crippen LogP contribution is -2.57. The number of pyridine rings is 1. The lowest BCUT2D eigenvalue weighted by atomic mass is 9.79. The van der Waals surface area contributed by atoms with Crippen molar-refractivity contribution < 1.29 is 9.53 Å². The highest BCUT2D eigenvalue weighted by Crippen LogP contribution is 2.39. The van der Waals surface area contributed by atoms with E-state index in [9.17, 15) is 4.79 Å². The zero-order valence-electron chi connectivity index (χ0n) is 23.0. The molecule has 1 aliphatic rings. The third-order valence-corrected chi connectivity index (χ3v) is 7.93. The summed E-state index contributed by atoms with van der Waals surface area (Å²) in [4.78, 5) is 20.5. The van der Waals surface area contributed by atoms with Crippen LogP contribution in [-0.4, -0.2) is 34.0 Å². The van der Waals surface area contributed by atoms with Crippen LogP contribution < -0.4 is 10.1 Å². The second kappa shape index (κ2) is 10.2. The van der Waals surface area contributed by atoms with E-state index in [0.29, 0.717) is 5.56 Å². The molecule has 1 aliphatic heterocycles. The Labute approximate surface area is 225 Å². The molecule has 0 radical (unpaired) electrons. The Hall–Kier alpha value is -3.70. The summed E-state index contributed by atoms with van der Waals surface area (Å²) in [5, 5.41) is 4.05. The average Bonchev–Trinajstić information content (AvgIpc) is 2.90. The van der Waals surface area contributed by atoms with E-state index in [1.807, 2.05) is 66.7 Å². The maximum atomic E-state index is 12.9. The summed E-state index contributed by atoms with van der Waals surface area (Å²) >= 11 is 0. The molecule has 0 unspecified atom stereocenters. The molecule has 1 aromatic heterocycles. The quantitative estimate of drug-likeness (QED) is 0.290. The van der Waals surface area contributed by atoms with E-state index in [0.717, 1.165) is 45.7 Å².